The first-order valence-electron chi connectivity index (χ1n) is 10.5. The fraction of sp³-hybridized carbons (Fsp3) is 0.304. The molecule has 8 nitrogen and oxygen atoms in total. The van der Waals surface area contributed by atoms with Crippen LogP contribution in [0.1, 0.15) is 18.4 Å². The summed E-state index contributed by atoms with van der Waals surface area (Å²) in [4.78, 5) is 19.8. The van der Waals surface area contributed by atoms with Crippen LogP contribution in [0.4, 0.5) is 5.82 Å². The Morgan fingerprint density at radius 1 is 1.16 bits per heavy atom. The van der Waals surface area contributed by atoms with Gasteiger partial charge in [-0.25, -0.2) is 4.98 Å². The summed E-state index contributed by atoms with van der Waals surface area (Å²) in [7, 11) is 1.64. The predicted octanol–water partition coefficient (Wildman–Crippen LogP) is 2.82. The highest BCUT2D eigenvalue weighted by molar-refractivity contribution is 5.83. The second-order valence-corrected chi connectivity index (χ2v) is 7.78. The van der Waals surface area contributed by atoms with Gasteiger partial charge in [-0.3, -0.25) is 9.20 Å². The van der Waals surface area contributed by atoms with Gasteiger partial charge < -0.3 is 15.0 Å². The molecule has 1 fully saturated rings. The monoisotopic (exact) mass is 416 g/mol. The van der Waals surface area contributed by atoms with Crippen molar-refractivity contribution in [1.29, 1.82) is 0 Å². The van der Waals surface area contributed by atoms with Gasteiger partial charge >= 0.3 is 0 Å². The van der Waals surface area contributed by atoms with Crippen molar-refractivity contribution in [1.82, 2.24) is 24.9 Å². The molecule has 2 aromatic heterocycles. The van der Waals surface area contributed by atoms with E-state index in [1.54, 1.807) is 13.4 Å². The lowest BCUT2D eigenvalue weighted by Gasteiger charge is -2.32. The molecule has 8 heteroatoms. The number of carbonyl (C=O) groups is 1. The molecule has 0 radical (unpaired) electrons. The zero-order chi connectivity index (χ0) is 21.2. The Morgan fingerprint density at radius 2 is 2.00 bits per heavy atom. The fourth-order valence-electron chi connectivity index (χ4n) is 4.17. The van der Waals surface area contributed by atoms with E-state index in [0.717, 1.165) is 59.7 Å². The number of hydrogen-bond acceptors (Lipinski definition) is 6. The first-order chi connectivity index (χ1) is 15.2. The van der Waals surface area contributed by atoms with E-state index in [2.05, 4.69) is 20.4 Å². The van der Waals surface area contributed by atoms with Gasteiger partial charge in [-0.15, -0.1) is 10.2 Å². The molecule has 0 spiro atoms. The Labute approximate surface area is 179 Å². The molecule has 1 N–H and O–H groups in total. The summed E-state index contributed by atoms with van der Waals surface area (Å²) >= 11 is 0. The highest BCUT2D eigenvalue weighted by Gasteiger charge is 2.27. The number of fused-ring (bicyclic) bond motifs is 3. The summed E-state index contributed by atoms with van der Waals surface area (Å²) < 4.78 is 7.22. The Hall–Kier alpha value is -3.68. The summed E-state index contributed by atoms with van der Waals surface area (Å²) in [6.45, 7) is 2.01. The first kappa shape index (κ1) is 19.3. The van der Waals surface area contributed by atoms with Crippen LogP contribution < -0.4 is 15.0 Å². The number of piperidine rings is 1. The average molecular weight is 416 g/mol. The molecule has 1 amide bonds. The molecule has 3 heterocycles. The van der Waals surface area contributed by atoms with Gasteiger partial charge in [0.25, 0.3) is 0 Å². The van der Waals surface area contributed by atoms with Crippen LogP contribution in [-0.4, -0.2) is 45.7 Å². The third-order valence-corrected chi connectivity index (χ3v) is 5.88. The normalized spacial score (nSPS) is 14.8. The lowest BCUT2D eigenvalue weighted by molar-refractivity contribution is -0.125. The standard InChI is InChI=1S/C23H24N6O2/c1-31-18-6-4-5-16(13-18)14-24-23(30)17-9-11-28(12-10-17)21-22-27-25-15-29(22)20-8-3-2-7-19(20)26-21/h2-8,13,15,17H,9-12,14H2,1H3,(H,24,30). The quantitative estimate of drug-likeness (QED) is 0.539. The first-order valence-corrected chi connectivity index (χ1v) is 10.5. The van der Waals surface area contributed by atoms with E-state index in [1.807, 2.05) is 52.9 Å². The molecule has 31 heavy (non-hydrogen) atoms. The smallest absolute Gasteiger partial charge is 0.223 e. The summed E-state index contributed by atoms with van der Waals surface area (Å²) in [5, 5.41) is 11.5. The number of hydrogen-bond donors (Lipinski definition) is 1. The molecule has 1 aliphatic rings. The third kappa shape index (κ3) is 3.76. The maximum atomic E-state index is 12.7. The van der Waals surface area contributed by atoms with E-state index in [9.17, 15) is 4.79 Å². The maximum Gasteiger partial charge on any atom is 0.223 e. The highest BCUT2D eigenvalue weighted by atomic mass is 16.5. The molecular weight excluding hydrogens is 392 g/mol. The number of rotatable bonds is 5. The van der Waals surface area contributed by atoms with E-state index in [1.165, 1.54) is 0 Å². The maximum absolute atomic E-state index is 12.7. The predicted molar refractivity (Wildman–Crippen MR) is 118 cm³/mol. The number of ether oxygens (including phenoxy) is 1. The van der Waals surface area contributed by atoms with Crippen LogP contribution >= 0.6 is 0 Å². The van der Waals surface area contributed by atoms with Crippen LogP contribution in [0.25, 0.3) is 16.7 Å². The fourth-order valence-corrected chi connectivity index (χ4v) is 4.17. The largest absolute Gasteiger partial charge is 0.497 e. The minimum atomic E-state index is -0.00351. The number of methoxy groups -OCH3 is 1. The lowest BCUT2D eigenvalue weighted by atomic mass is 9.96. The van der Waals surface area contributed by atoms with Gasteiger partial charge in [0, 0.05) is 25.6 Å². The molecule has 4 aromatic rings. The number of anilines is 1. The molecule has 2 aromatic carbocycles. The summed E-state index contributed by atoms with van der Waals surface area (Å²) in [6.07, 6.45) is 3.28. The van der Waals surface area contributed by atoms with Crippen LogP contribution in [0.15, 0.2) is 54.9 Å². The van der Waals surface area contributed by atoms with E-state index in [4.69, 9.17) is 9.72 Å². The van der Waals surface area contributed by atoms with E-state index < -0.39 is 0 Å². The molecule has 5 rings (SSSR count). The van der Waals surface area contributed by atoms with Crippen molar-refractivity contribution in [3.63, 3.8) is 0 Å². The lowest BCUT2D eigenvalue weighted by Crippen LogP contribution is -2.40. The SMILES string of the molecule is COc1cccc(CNC(=O)C2CCN(c3nc4ccccc4n4cnnc34)CC2)c1. The summed E-state index contributed by atoms with van der Waals surface area (Å²) in [5.41, 5.74) is 3.67. The van der Waals surface area contributed by atoms with Gasteiger partial charge in [0.15, 0.2) is 5.82 Å². The topological polar surface area (TPSA) is 84.7 Å². The number of carbonyl (C=O) groups excluding carboxylic acids is 1. The zero-order valence-corrected chi connectivity index (χ0v) is 17.4. The van der Waals surface area contributed by atoms with Gasteiger partial charge in [0.2, 0.25) is 11.6 Å². The van der Waals surface area contributed by atoms with Crippen molar-refractivity contribution in [2.45, 2.75) is 19.4 Å². The minimum Gasteiger partial charge on any atom is -0.497 e. The van der Waals surface area contributed by atoms with Gasteiger partial charge in [0.05, 0.1) is 18.1 Å². The molecule has 1 saturated heterocycles. The van der Waals surface area contributed by atoms with Crippen molar-refractivity contribution in [2.24, 2.45) is 5.92 Å². The van der Waals surface area contributed by atoms with Gasteiger partial charge in [-0.2, -0.15) is 0 Å². The van der Waals surface area contributed by atoms with Crippen molar-refractivity contribution < 1.29 is 9.53 Å². The van der Waals surface area contributed by atoms with Crippen molar-refractivity contribution >= 4 is 28.4 Å². The van der Waals surface area contributed by atoms with E-state index in [-0.39, 0.29) is 11.8 Å². The minimum absolute atomic E-state index is 0.00351. The van der Waals surface area contributed by atoms with E-state index in [0.29, 0.717) is 6.54 Å². The number of amides is 1. The molecule has 158 valence electrons. The van der Waals surface area contributed by atoms with Gasteiger partial charge in [-0.1, -0.05) is 24.3 Å². The Bertz CT molecular complexity index is 1230. The van der Waals surface area contributed by atoms with Crippen LogP contribution in [0, 0.1) is 5.92 Å². The van der Waals surface area contributed by atoms with Crippen molar-refractivity contribution in [3.05, 3.63) is 60.4 Å². The Balaban J connectivity index is 1.26. The second-order valence-electron chi connectivity index (χ2n) is 7.78. The van der Waals surface area contributed by atoms with Crippen molar-refractivity contribution in [2.75, 3.05) is 25.1 Å². The van der Waals surface area contributed by atoms with Crippen molar-refractivity contribution in [3.8, 4) is 5.75 Å². The van der Waals surface area contributed by atoms with Crippen LogP contribution in [0.3, 0.4) is 0 Å². The second kappa shape index (κ2) is 8.22. The summed E-state index contributed by atoms with van der Waals surface area (Å²) in [5.74, 6) is 1.71. The van der Waals surface area contributed by atoms with Crippen LogP contribution in [0.5, 0.6) is 5.75 Å². The molecule has 0 bridgehead atoms. The number of nitrogens with one attached hydrogen (secondary N) is 1. The highest BCUT2D eigenvalue weighted by Crippen LogP contribution is 2.27. The van der Waals surface area contributed by atoms with Crippen LogP contribution in [0.2, 0.25) is 0 Å². The number of nitrogens with zero attached hydrogens (tertiary/aromatic N) is 5. The Morgan fingerprint density at radius 3 is 2.84 bits per heavy atom. The third-order valence-electron chi connectivity index (χ3n) is 5.88. The molecular formula is C23H24N6O2. The number of benzene rings is 2. The van der Waals surface area contributed by atoms with Gasteiger partial charge in [-0.05, 0) is 42.7 Å². The van der Waals surface area contributed by atoms with E-state index >= 15 is 0 Å². The Kier molecular flexibility index (Phi) is 5.11. The summed E-state index contributed by atoms with van der Waals surface area (Å²) in [6, 6.07) is 15.7. The molecule has 0 atom stereocenters. The molecule has 0 saturated carbocycles. The molecule has 0 aliphatic carbocycles. The molecule has 1 aliphatic heterocycles. The number of aromatic nitrogens is 4. The van der Waals surface area contributed by atoms with Gasteiger partial charge in [0.1, 0.15) is 12.1 Å². The van der Waals surface area contributed by atoms with Crippen LogP contribution in [-0.2, 0) is 11.3 Å². The molecule has 0 unspecified atom stereocenters. The average Bonchev–Trinajstić information content (AvgIpc) is 3.33. The number of para-hydroxylation sites is 2. The zero-order valence-electron chi connectivity index (χ0n) is 17.4.